The van der Waals surface area contributed by atoms with Crippen molar-refractivity contribution >= 4 is 11.6 Å². The molecule has 1 fully saturated rings. The van der Waals surface area contributed by atoms with E-state index < -0.39 is 0 Å². The van der Waals surface area contributed by atoms with Gasteiger partial charge in [0.15, 0.2) is 0 Å². The molecule has 2 atom stereocenters. The van der Waals surface area contributed by atoms with Crippen LogP contribution in [0.3, 0.4) is 0 Å². The molecule has 1 N–H and O–H groups in total. The van der Waals surface area contributed by atoms with Crippen LogP contribution in [0.1, 0.15) is 12.5 Å². The van der Waals surface area contributed by atoms with Crippen molar-refractivity contribution in [3.05, 3.63) is 34.9 Å². The number of benzene rings is 1. The molecule has 0 aliphatic carbocycles. The van der Waals surface area contributed by atoms with Crippen LogP contribution in [-0.2, 0) is 11.3 Å². The van der Waals surface area contributed by atoms with Crippen molar-refractivity contribution in [1.82, 2.24) is 4.90 Å². The molecule has 0 amide bonds. The molecule has 1 aromatic carbocycles. The number of rotatable bonds is 3. The Bertz CT molecular complexity index is 372. The zero-order valence-corrected chi connectivity index (χ0v) is 10.7. The maximum absolute atomic E-state index is 9.16. The summed E-state index contributed by atoms with van der Waals surface area (Å²) in [4.78, 5) is 2.29. The fourth-order valence-electron chi connectivity index (χ4n) is 2.26. The molecule has 0 aromatic heterocycles. The fraction of sp³-hybridized carbons (Fsp3) is 0.538. The number of morpholine rings is 1. The molecule has 3 nitrogen and oxygen atoms in total. The molecule has 1 heterocycles. The predicted molar refractivity (Wildman–Crippen MR) is 68.1 cm³/mol. The Balaban J connectivity index is 1.98. The van der Waals surface area contributed by atoms with Gasteiger partial charge >= 0.3 is 0 Å². The summed E-state index contributed by atoms with van der Waals surface area (Å²) in [5, 5.41) is 9.93. The number of halogens is 1. The number of nitrogens with zero attached hydrogens (tertiary/aromatic N) is 1. The SMILES string of the molecule is CC1CN(Cc2cccc(Cl)c2)CC(CO)O1. The highest BCUT2D eigenvalue weighted by Crippen LogP contribution is 2.16. The van der Waals surface area contributed by atoms with E-state index >= 15 is 0 Å². The lowest BCUT2D eigenvalue weighted by atomic mass is 10.1. The van der Waals surface area contributed by atoms with Crippen molar-refractivity contribution in [2.24, 2.45) is 0 Å². The molecular formula is C13H18ClNO2. The van der Waals surface area contributed by atoms with E-state index in [9.17, 15) is 0 Å². The Labute approximate surface area is 107 Å². The Morgan fingerprint density at radius 3 is 3.00 bits per heavy atom. The van der Waals surface area contributed by atoms with E-state index in [0.717, 1.165) is 24.7 Å². The van der Waals surface area contributed by atoms with E-state index in [4.69, 9.17) is 21.4 Å². The van der Waals surface area contributed by atoms with Crippen LogP contribution in [0.2, 0.25) is 5.02 Å². The number of aliphatic hydroxyl groups is 1. The Morgan fingerprint density at radius 2 is 2.29 bits per heavy atom. The lowest BCUT2D eigenvalue weighted by molar-refractivity contribution is -0.0972. The van der Waals surface area contributed by atoms with Gasteiger partial charge in [-0.3, -0.25) is 4.90 Å². The van der Waals surface area contributed by atoms with Gasteiger partial charge in [-0.15, -0.1) is 0 Å². The molecule has 0 radical (unpaired) electrons. The van der Waals surface area contributed by atoms with Crippen molar-refractivity contribution in [3.8, 4) is 0 Å². The van der Waals surface area contributed by atoms with Gasteiger partial charge in [-0.25, -0.2) is 0 Å². The minimum atomic E-state index is -0.0714. The van der Waals surface area contributed by atoms with Gasteiger partial charge in [0.05, 0.1) is 18.8 Å². The van der Waals surface area contributed by atoms with E-state index in [2.05, 4.69) is 11.0 Å². The van der Waals surface area contributed by atoms with Gasteiger partial charge in [-0.05, 0) is 24.6 Å². The van der Waals surface area contributed by atoms with Gasteiger partial charge in [0.25, 0.3) is 0 Å². The highest BCUT2D eigenvalue weighted by atomic mass is 35.5. The van der Waals surface area contributed by atoms with Gasteiger partial charge in [0.2, 0.25) is 0 Å². The lowest BCUT2D eigenvalue weighted by Crippen LogP contribution is -2.47. The lowest BCUT2D eigenvalue weighted by Gasteiger charge is -2.36. The average Bonchev–Trinajstić information content (AvgIpc) is 2.28. The summed E-state index contributed by atoms with van der Waals surface area (Å²) in [6.07, 6.45) is 0.0954. The van der Waals surface area contributed by atoms with Crippen molar-refractivity contribution in [2.45, 2.75) is 25.7 Å². The summed E-state index contributed by atoms with van der Waals surface area (Å²) in [6.45, 7) is 4.63. The molecule has 1 aliphatic heterocycles. The molecule has 0 bridgehead atoms. The van der Waals surface area contributed by atoms with Gasteiger partial charge < -0.3 is 9.84 Å². The van der Waals surface area contributed by atoms with Gasteiger partial charge in [0.1, 0.15) is 0 Å². The van der Waals surface area contributed by atoms with Crippen LogP contribution in [-0.4, -0.2) is 41.9 Å². The minimum Gasteiger partial charge on any atom is -0.394 e. The first-order chi connectivity index (χ1) is 8.17. The van der Waals surface area contributed by atoms with Crippen LogP contribution >= 0.6 is 11.6 Å². The first kappa shape index (κ1) is 12.8. The summed E-state index contributed by atoms with van der Waals surface area (Å²) in [5.41, 5.74) is 1.20. The van der Waals surface area contributed by atoms with Crippen molar-refractivity contribution in [1.29, 1.82) is 0 Å². The van der Waals surface area contributed by atoms with Gasteiger partial charge in [-0.1, -0.05) is 23.7 Å². The van der Waals surface area contributed by atoms with Crippen LogP contribution in [0.5, 0.6) is 0 Å². The molecule has 1 saturated heterocycles. The molecule has 1 aliphatic rings. The maximum atomic E-state index is 9.16. The summed E-state index contributed by atoms with van der Waals surface area (Å²) in [6, 6.07) is 7.89. The highest BCUT2D eigenvalue weighted by Gasteiger charge is 2.24. The zero-order valence-electron chi connectivity index (χ0n) is 9.97. The predicted octanol–water partition coefficient (Wildman–Crippen LogP) is 1.92. The largest absolute Gasteiger partial charge is 0.394 e. The quantitative estimate of drug-likeness (QED) is 0.896. The summed E-state index contributed by atoms with van der Waals surface area (Å²) < 4.78 is 5.61. The van der Waals surface area contributed by atoms with E-state index in [-0.39, 0.29) is 18.8 Å². The monoisotopic (exact) mass is 255 g/mol. The number of aliphatic hydroxyl groups excluding tert-OH is 1. The Kier molecular flexibility index (Phi) is 4.40. The second kappa shape index (κ2) is 5.83. The standard InChI is InChI=1S/C13H18ClNO2/c1-10-6-15(8-13(9-16)17-10)7-11-3-2-4-12(14)5-11/h2-5,10,13,16H,6-9H2,1H3. The van der Waals surface area contributed by atoms with Crippen LogP contribution in [0, 0.1) is 0 Å². The van der Waals surface area contributed by atoms with Crippen molar-refractivity contribution in [2.75, 3.05) is 19.7 Å². The summed E-state index contributed by atoms with van der Waals surface area (Å²) >= 11 is 5.96. The molecular weight excluding hydrogens is 238 g/mol. The van der Waals surface area contributed by atoms with Crippen LogP contribution in [0.15, 0.2) is 24.3 Å². The zero-order chi connectivity index (χ0) is 12.3. The van der Waals surface area contributed by atoms with E-state index in [1.165, 1.54) is 5.56 Å². The second-order valence-corrected chi connectivity index (χ2v) is 5.01. The summed E-state index contributed by atoms with van der Waals surface area (Å²) in [7, 11) is 0. The van der Waals surface area contributed by atoms with Gasteiger partial charge in [0, 0.05) is 24.7 Å². The minimum absolute atomic E-state index is 0.0714. The van der Waals surface area contributed by atoms with Crippen LogP contribution in [0.4, 0.5) is 0 Å². The van der Waals surface area contributed by atoms with Crippen LogP contribution < -0.4 is 0 Å². The topological polar surface area (TPSA) is 32.7 Å². The second-order valence-electron chi connectivity index (χ2n) is 4.58. The third-order valence-corrected chi connectivity index (χ3v) is 3.14. The van der Waals surface area contributed by atoms with Crippen molar-refractivity contribution < 1.29 is 9.84 Å². The third-order valence-electron chi connectivity index (χ3n) is 2.90. The fourth-order valence-corrected chi connectivity index (χ4v) is 2.48. The third kappa shape index (κ3) is 3.68. The molecule has 94 valence electrons. The normalized spacial score (nSPS) is 26.1. The summed E-state index contributed by atoms with van der Waals surface area (Å²) in [5.74, 6) is 0. The van der Waals surface area contributed by atoms with E-state index in [0.29, 0.717) is 0 Å². The van der Waals surface area contributed by atoms with E-state index in [1.54, 1.807) is 0 Å². The maximum Gasteiger partial charge on any atom is 0.0936 e. The highest BCUT2D eigenvalue weighted by molar-refractivity contribution is 6.30. The number of hydrogen-bond donors (Lipinski definition) is 1. The average molecular weight is 256 g/mol. The molecule has 1 aromatic rings. The van der Waals surface area contributed by atoms with E-state index in [1.807, 2.05) is 25.1 Å². The van der Waals surface area contributed by atoms with Gasteiger partial charge in [-0.2, -0.15) is 0 Å². The molecule has 0 spiro atoms. The first-order valence-electron chi connectivity index (χ1n) is 5.90. The molecule has 2 rings (SSSR count). The molecule has 0 saturated carbocycles. The smallest absolute Gasteiger partial charge is 0.0936 e. The molecule has 4 heteroatoms. The van der Waals surface area contributed by atoms with Crippen molar-refractivity contribution in [3.63, 3.8) is 0 Å². The van der Waals surface area contributed by atoms with Crippen LogP contribution in [0.25, 0.3) is 0 Å². The Hall–Kier alpha value is -0.610. The Morgan fingerprint density at radius 1 is 1.47 bits per heavy atom. The molecule has 17 heavy (non-hydrogen) atoms. The number of ether oxygens (including phenoxy) is 1. The first-order valence-corrected chi connectivity index (χ1v) is 6.28. The molecule has 2 unspecified atom stereocenters. The number of hydrogen-bond acceptors (Lipinski definition) is 3.